The zero-order valence-corrected chi connectivity index (χ0v) is 9.43. The maximum absolute atomic E-state index is 9.63. The highest BCUT2D eigenvalue weighted by molar-refractivity contribution is 4.96. The second-order valence-electron chi connectivity index (χ2n) is 4.22. The van der Waals surface area contributed by atoms with Gasteiger partial charge in [0.25, 0.3) is 0 Å². The first-order valence-electron chi connectivity index (χ1n) is 5.00. The van der Waals surface area contributed by atoms with E-state index in [1.165, 1.54) is 5.57 Å². The van der Waals surface area contributed by atoms with Crippen molar-refractivity contribution in [2.75, 3.05) is 19.6 Å². The van der Waals surface area contributed by atoms with Gasteiger partial charge in [-0.05, 0) is 26.8 Å². The fraction of sp³-hybridized carbons (Fsp3) is 0.818. The molecule has 0 saturated carbocycles. The first-order chi connectivity index (χ1) is 5.89. The smallest absolute Gasteiger partial charge is 0.0718 e. The highest BCUT2D eigenvalue weighted by Crippen LogP contribution is 2.07. The second-order valence-corrected chi connectivity index (χ2v) is 4.22. The molecule has 2 heteroatoms. The van der Waals surface area contributed by atoms with Crippen molar-refractivity contribution in [3.8, 4) is 0 Å². The molecule has 0 aromatic heterocycles. The average molecular weight is 185 g/mol. The number of rotatable bonds is 6. The van der Waals surface area contributed by atoms with Crippen LogP contribution in [0.2, 0.25) is 0 Å². The molecule has 1 N–H and O–H groups in total. The van der Waals surface area contributed by atoms with Crippen LogP contribution < -0.4 is 0 Å². The Morgan fingerprint density at radius 1 is 1.38 bits per heavy atom. The van der Waals surface area contributed by atoms with E-state index in [1.807, 2.05) is 13.8 Å². The van der Waals surface area contributed by atoms with Gasteiger partial charge in [-0.25, -0.2) is 0 Å². The van der Waals surface area contributed by atoms with E-state index < -0.39 is 5.60 Å². The Morgan fingerprint density at radius 2 is 1.92 bits per heavy atom. The summed E-state index contributed by atoms with van der Waals surface area (Å²) in [6.45, 7) is 14.4. The second kappa shape index (κ2) is 5.40. The van der Waals surface area contributed by atoms with Crippen molar-refractivity contribution in [3.05, 3.63) is 12.2 Å². The van der Waals surface area contributed by atoms with Gasteiger partial charge < -0.3 is 5.11 Å². The van der Waals surface area contributed by atoms with Crippen molar-refractivity contribution in [2.45, 2.75) is 39.7 Å². The highest BCUT2D eigenvalue weighted by atomic mass is 16.3. The number of hydrogen-bond acceptors (Lipinski definition) is 2. The van der Waals surface area contributed by atoms with Crippen molar-refractivity contribution < 1.29 is 5.11 Å². The van der Waals surface area contributed by atoms with Crippen molar-refractivity contribution in [2.24, 2.45) is 0 Å². The SMILES string of the molecule is C=C(CC)CN(CC)CC(C)(C)O. The third-order valence-corrected chi connectivity index (χ3v) is 2.00. The molecule has 0 atom stereocenters. The van der Waals surface area contributed by atoms with E-state index in [1.54, 1.807) is 0 Å². The molecule has 0 spiro atoms. The van der Waals surface area contributed by atoms with Crippen LogP contribution in [0.5, 0.6) is 0 Å². The van der Waals surface area contributed by atoms with Gasteiger partial charge >= 0.3 is 0 Å². The lowest BCUT2D eigenvalue weighted by Gasteiger charge is -2.28. The van der Waals surface area contributed by atoms with Crippen molar-refractivity contribution in [1.82, 2.24) is 4.90 Å². The first kappa shape index (κ1) is 12.7. The Kier molecular flexibility index (Phi) is 5.26. The van der Waals surface area contributed by atoms with E-state index in [-0.39, 0.29) is 0 Å². The summed E-state index contributed by atoms with van der Waals surface area (Å²) in [6.07, 6.45) is 1.02. The van der Waals surface area contributed by atoms with Crippen LogP contribution in [-0.2, 0) is 0 Å². The van der Waals surface area contributed by atoms with Crippen LogP contribution >= 0.6 is 0 Å². The van der Waals surface area contributed by atoms with Crippen LogP contribution in [0.3, 0.4) is 0 Å². The normalized spacial score (nSPS) is 12.2. The molecule has 0 fully saturated rings. The van der Waals surface area contributed by atoms with E-state index in [2.05, 4.69) is 25.3 Å². The maximum Gasteiger partial charge on any atom is 0.0718 e. The molecule has 0 aromatic carbocycles. The number of aliphatic hydroxyl groups is 1. The third-order valence-electron chi connectivity index (χ3n) is 2.00. The molecule has 0 radical (unpaired) electrons. The summed E-state index contributed by atoms with van der Waals surface area (Å²) in [4.78, 5) is 2.21. The van der Waals surface area contributed by atoms with E-state index in [9.17, 15) is 5.11 Å². The lowest BCUT2D eigenvalue weighted by Crippen LogP contribution is -2.39. The molecule has 0 aliphatic rings. The minimum Gasteiger partial charge on any atom is -0.389 e. The predicted molar refractivity (Wildman–Crippen MR) is 57.8 cm³/mol. The first-order valence-corrected chi connectivity index (χ1v) is 5.00. The van der Waals surface area contributed by atoms with Crippen LogP contribution in [-0.4, -0.2) is 35.2 Å². The standard InChI is InChI=1S/C11H23NO/c1-6-10(3)8-12(7-2)9-11(4,5)13/h13H,3,6-9H2,1-2,4-5H3. The summed E-state index contributed by atoms with van der Waals surface area (Å²) in [6, 6.07) is 0. The van der Waals surface area contributed by atoms with E-state index in [0.717, 1.165) is 19.5 Å². The Morgan fingerprint density at radius 3 is 2.23 bits per heavy atom. The summed E-state index contributed by atoms with van der Waals surface area (Å²) in [5, 5.41) is 9.63. The Bertz CT molecular complexity index is 158. The zero-order chi connectivity index (χ0) is 10.5. The predicted octanol–water partition coefficient (Wildman–Crippen LogP) is 2.05. The summed E-state index contributed by atoms with van der Waals surface area (Å²) >= 11 is 0. The van der Waals surface area contributed by atoms with Gasteiger partial charge in [0.15, 0.2) is 0 Å². The lowest BCUT2D eigenvalue weighted by atomic mass is 10.1. The van der Waals surface area contributed by atoms with Crippen molar-refractivity contribution in [1.29, 1.82) is 0 Å². The quantitative estimate of drug-likeness (QED) is 0.640. The van der Waals surface area contributed by atoms with Gasteiger partial charge in [-0.15, -0.1) is 0 Å². The molecule has 78 valence electrons. The molecule has 0 amide bonds. The molecule has 2 nitrogen and oxygen atoms in total. The van der Waals surface area contributed by atoms with Crippen LogP contribution in [0.1, 0.15) is 34.1 Å². The summed E-state index contributed by atoms with van der Waals surface area (Å²) in [5.74, 6) is 0. The minimum atomic E-state index is -0.607. The molecule has 0 aliphatic heterocycles. The molecule has 0 bridgehead atoms. The van der Waals surface area contributed by atoms with E-state index in [0.29, 0.717) is 6.54 Å². The van der Waals surface area contributed by atoms with Gasteiger partial charge in [-0.3, -0.25) is 4.90 Å². The Hall–Kier alpha value is -0.340. The fourth-order valence-corrected chi connectivity index (χ4v) is 1.25. The maximum atomic E-state index is 9.63. The van der Waals surface area contributed by atoms with Gasteiger partial charge in [0.2, 0.25) is 0 Å². The molecule has 0 aromatic rings. The largest absolute Gasteiger partial charge is 0.389 e. The molecule has 0 aliphatic carbocycles. The molecule has 0 rings (SSSR count). The van der Waals surface area contributed by atoms with E-state index >= 15 is 0 Å². The molecular weight excluding hydrogens is 162 g/mol. The molecule has 13 heavy (non-hydrogen) atoms. The van der Waals surface area contributed by atoms with E-state index in [4.69, 9.17) is 0 Å². The van der Waals surface area contributed by atoms with Gasteiger partial charge in [-0.2, -0.15) is 0 Å². The Balaban J connectivity index is 3.97. The fourth-order valence-electron chi connectivity index (χ4n) is 1.25. The van der Waals surface area contributed by atoms with Crippen LogP contribution in [0.4, 0.5) is 0 Å². The highest BCUT2D eigenvalue weighted by Gasteiger charge is 2.16. The number of hydrogen-bond donors (Lipinski definition) is 1. The van der Waals surface area contributed by atoms with Gasteiger partial charge in [0.1, 0.15) is 0 Å². The molecule has 0 heterocycles. The van der Waals surface area contributed by atoms with Crippen LogP contribution in [0.15, 0.2) is 12.2 Å². The zero-order valence-electron chi connectivity index (χ0n) is 9.43. The monoisotopic (exact) mass is 185 g/mol. The average Bonchev–Trinajstić information content (AvgIpc) is 2.00. The molecular formula is C11H23NO. The van der Waals surface area contributed by atoms with Gasteiger partial charge in [0, 0.05) is 13.1 Å². The van der Waals surface area contributed by atoms with Crippen molar-refractivity contribution in [3.63, 3.8) is 0 Å². The van der Waals surface area contributed by atoms with Gasteiger partial charge in [0.05, 0.1) is 5.60 Å². The topological polar surface area (TPSA) is 23.5 Å². The number of likely N-dealkylation sites (N-methyl/N-ethyl adjacent to an activating group) is 1. The number of nitrogens with zero attached hydrogens (tertiary/aromatic N) is 1. The lowest BCUT2D eigenvalue weighted by molar-refractivity contribution is 0.0407. The minimum absolute atomic E-state index is 0.607. The third kappa shape index (κ3) is 6.79. The summed E-state index contributed by atoms with van der Waals surface area (Å²) < 4.78 is 0. The molecule has 0 unspecified atom stereocenters. The van der Waals surface area contributed by atoms with Crippen LogP contribution in [0, 0.1) is 0 Å². The Labute approximate surface area is 82.3 Å². The summed E-state index contributed by atoms with van der Waals surface area (Å²) in [7, 11) is 0. The summed E-state index contributed by atoms with van der Waals surface area (Å²) in [5.41, 5.74) is 0.621. The molecule has 0 saturated heterocycles. The van der Waals surface area contributed by atoms with Crippen LogP contribution in [0.25, 0.3) is 0 Å². The van der Waals surface area contributed by atoms with Crippen molar-refractivity contribution >= 4 is 0 Å². The van der Waals surface area contributed by atoms with Gasteiger partial charge in [-0.1, -0.05) is 26.0 Å².